The molecule has 0 amide bonds. The SMILES string of the molecule is CCNC(=NCCc1ccc(C(=O)OC)cc1)NC1CCN(c2ncccc2Cl)C1.I. The van der Waals surface area contributed by atoms with Crippen LogP contribution in [0.1, 0.15) is 29.3 Å². The molecule has 3 rings (SSSR count). The van der Waals surface area contributed by atoms with Crippen LogP contribution in [-0.2, 0) is 11.2 Å². The van der Waals surface area contributed by atoms with Gasteiger partial charge in [0.1, 0.15) is 5.82 Å². The molecule has 0 radical (unpaired) electrons. The molecule has 0 spiro atoms. The van der Waals surface area contributed by atoms with Crippen molar-refractivity contribution < 1.29 is 9.53 Å². The highest BCUT2D eigenvalue weighted by Gasteiger charge is 2.25. The first-order valence-electron chi connectivity index (χ1n) is 10.2. The van der Waals surface area contributed by atoms with Crippen molar-refractivity contribution in [2.24, 2.45) is 4.99 Å². The van der Waals surface area contributed by atoms with Gasteiger partial charge in [0.2, 0.25) is 0 Å². The molecular formula is C22H29ClIN5O2. The molecule has 7 nitrogen and oxygen atoms in total. The monoisotopic (exact) mass is 557 g/mol. The van der Waals surface area contributed by atoms with Crippen LogP contribution in [0, 0.1) is 0 Å². The van der Waals surface area contributed by atoms with Gasteiger partial charge >= 0.3 is 5.97 Å². The average molecular weight is 558 g/mol. The minimum atomic E-state index is -0.323. The highest BCUT2D eigenvalue weighted by atomic mass is 127. The normalized spacial score (nSPS) is 15.9. The molecule has 0 bridgehead atoms. The van der Waals surface area contributed by atoms with E-state index in [4.69, 9.17) is 21.3 Å². The van der Waals surface area contributed by atoms with Gasteiger partial charge in [-0.05, 0) is 49.6 Å². The van der Waals surface area contributed by atoms with Crippen molar-refractivity contribution in [2.45, 2.75) is 25.8 Å². The lowest BCUT2D eigenvalue weighted by atomic mass is 10.1. The Morgan fingerprint density at radius 2 is 2.10 bits per heavy atom. The lowest BCUT2D eigenvalue weighted by Crippen LogP contribution is -2.44. The highest BCUT2D eigenvalue weighted by molar-refractivity contribution is 14.0. The number of nitrogens with one attached hydrogen (secondary N) is 2. The number of carbonyl (C=O) groups is 1. The Balaban J connectivity index is 0.00000341. The first-order valence-corrected chi connectivity index (χ1v) is 10.6. The van der Waals surface area contributed by atoms with Crippen molar-refractivity contribution in [1.29, 1.82) is 0 Å². The van der Waals surface area contributed by atoms with Crippen LogP contribution < -0.4 is 15.5 Å². The maximum atomic E-state index is 11.5. The van der Waals surface area contributed by atoms with Crippen LogP contribution in [0.4, 0.5) is 5.82 Å². The van der Waals surface area contributed by atoms with E-state index in [-0.39, 0.29) is 36.0 Å². The predicted molar refractivity (Wildman–Crippen MR) is 136 cm³/mol. The summed E-state index contributed by atoms with van der Waals surface area (Å²) < 4.78 is 4.73. The van der Waals surface area contributed by atoms with Gasteiger partial charge in [-0.1, -0.05) is 23.7 Å². The molecule has 1 aliphatic rings. The highest BCUT2D eigenvalue weighted by Crippen LogP contribution is 2.25. The maximum absolute atomic E-state index is 11.5. The lowest BCUT2D eigenvalue weighted by Gasteiger charge is -2.20. The van der Waals surface area contributed by atoms with Gasteiger partial charge in [0.15, 0.2) is 5.96 Å². The summed E-state index contributed by atoms with van der Waals surface area (Å²) in [5.41, 5.74) is 1.68. The minimum Gasteiger partial charge on any atom is -0.465 e. The van der Waals surface area contributed by atoms with Crippen molar-refractivity contribution in [2.75, 3.05) is 38.2 Å². The molecule has 1 aliphatic heterocycles. The van der Waals surface area contributed by atoms with Gasteiger partial charge < -0.3 is 20.3 Å². The molecule has 0 aliphatic carbocycles. The molecule has 2 N–H and O–H groups in total. The maximum Gasteiger partial charge on any atom is 0.337 e. The number of halogens is 2. The number of methoxy groups -OCH3 is 1. The minimum absolute atomic E-state index is 0. The third-order valence-corrected chi connectivity index (χ3v) is 5.25. The number of aromatic nitrogens is 1. The molecule has 1 fully saturated rings. The molecule has 1 aromatic heterocycles. The molecule has 2 aromatic rings. The molecule has 9 heteroatoms. The number of benzene rings is 1. The van der Waals surface area contributed by atoms with Crippen LogP contribution in [0.15, 0.2) is 47.6 Å². The van der Waals surface area contributed by atoms with E-state index >= 15 is 0 Å². The second-order valence-electron chi connectivity index (χ2n) is 7.08. The number of carbonyl (C=O) groups excluding carboxylic acids is 1. The molecule has 0 saturated carbocycles. The summed E-state index contributed by atoms with van der Waals surface area (Å²) in [7, 11) is 1.38. The Morgan fingerprint density at radius 1 is 1.32 bits per heavy atom. The molecular weight excluding hydrogens is 529 g/mol. The molecule has 1 aromatic carbocycles. The Morgan fingerprint density at radius 3 is 2.77 bits per heavy atom. The number of guanidine groups is 1. The van der Waals surface area contributed by atoms with E-state index in [0.29, 0.717) is 17.1 Å². The number of pyridine rings is 1. The third-order valence-electron chi connectivity index (χ3n) is 4.96. The molecule has 1 unspecified atom stereocenters. The zero-order valence-electron chi connectivity index (χ0n) is 17.8. The smallest absolute Gasteiger partial charge is 0.337 e. The number of rotatable bonds is 7. The van der Waals surface area contributed by atoms with Gasteiger partial charge in [-0.25, -0.2) is 9.78 Å². The topological polar surface area (TPSA) is 78.8 Å². The van der Waals surface area contributed by atoms with Crippen LogP contribution in [-0.4, -0.2) is 56.2 Å². The van der Waals surface area contributed by atoms with E-state index in [0.717, 1.165) is 49.8 Å². The largest absolute Gasteiger partial charge is 0.465 e. The molecule has 31 heavy (non-hydrogen) atoms. The number of hydrogen-bond donors (Lipinski definition) is 2. The number of nitrogens with zero attached hydrogens (tertiary/aromatic N) is 3. The summed E-state index contributed by atoms with van der Waals surface area (Å²) >= 11 is 6.28. The fourth-order valence-corrected chi connectivity index (χ4v) is 3.66. The number of ether oxygens (including phenoxy) is 1. The van der Waals surface area contributed by atoms with Gasteiger partial charge in [-0.3, -0.25) is 4.99 Å². The Kier molecular flexibility index (Phi) is 10.3. The van der Waals surface area contributed by atoms with Gasteiger partial charge in [-0.2, -0.15) is 0 Å². The summed E-state index contributed by atoms with van der Waals surface area (Å²) in [6.45, 7) is 5.23. The average Bonchev–Trinajstić information content (AvgIpc) is 3.22. The van der Waals surface area contributed by atoms with Gasteiger partial charge in [-0.15, -0.1) is 24.0 Å². The van der Waals surface area contributed by atoms with Crippen molar-refractivity contribution in [1.82, 2.24) is 15.6 Å². The van der Waals surface area contributed by atoms with E-state index in [1.54, 1.807) is 18.3 Å². The quantitative estimate of drug-likeness (QED) is 0.235. The zero-order chi connectivity index (χ0) is 21.3. The second-order valence-corrected chi connectivity index (χ2v) is 7.49. The van der Waals surface area contributed by atoms with E-state index in [1.807, 2.05) is 24.3 Å². The number of hydrogen-bond acceptors (Lipinski definition) is 5. The van der Waals surface area contributed by atoms with Crippen molar-refractivity contribution in [3.05, 3.63) is 58.7 Å². The van der Waals surface area contributed by atoms with E-state index in [2.05, 4.69) is 27.4 Å². The van der Waals surface area contributed by atoms with Gasteiger partial charge in [0.05, 0.1) is 17.7 Å². The fourth-order valence-electron chi connectivity index (χ4n) is 3.42. The summed E-state index contributed by atoms with van der Waals surface area (Å²) in [5, 5.41) is 7.51. The molecule has 2 heterocycles. The third kappa shape index (κ3) is 7.24. The van der Waals surface area contributed by atoms with Crippen LogP contribution in [0.2, 0.25) is 5.02 Å². The summed E-state index contributed by atoms with van der Waals surface area (Å²) in [5.74, 6) is 1.32. The van der Waals surface area contributed by atoms with Crippen LogP contribution >= 0.6 is 35.6 Å². The van der Waals surface area contributed by atoms with Crippen molar-refractivity contribution in [3.8, 4) is 0 Å². The summed E-state index contributed by atoms with van der Waals surface area (Å²) in [4.78, 5) is 22.8. The van der Waals surface area contributed by atoms with Gasteiger partial charge in [0, 0.05) is 38.4 Å². The van der Waals surface area contributed by atoms with Crippen molar-refractivity contribution >= 4 is 53.3 Å². The zero-order valence-corrected chi connectivity index (χ0v) is 20.9. The van der Waals surface area contributed by atoms with Gasteiger partial charge in [0.25, 0.3) is 0 Å². The summed E-state index contributed by atoms with van der Waals surface area (Å²) in [6, 6.07) is 11.4. The van der Waals surface area contributed by atoms with Crippen LogP contribution in [0.3, 0.4) is 0 Å². The number of anilines is 1. The molecule has 1 atom stereocenters. The second kappa shape index (κ2) is 12.7. The first kappa shape index (κ1) is 25.2. The number of aliphatic imine (C=N–C) groups is 1. The van der Waals surface area contributed by atoms with Crippen molar-refractivity contribution in [3.63, 3.8) is 0 Å². The predicted octanol–water partition coefficient (Wildman–Crippen LogP) is 3.52. The Labute approximate surface area is 205 Å². The summed E-state index contributed by atoms with van der Waals surface area (Å²) in [6.07, 6.45) is 3.55. The molecule has 168 valence electrons. The number of esters is 1. The lowest BCUT2D eigenvalue weighted by molar-refractivity contribution is 0.0600. The van der Waals surface area contributed by atoms with E-state index in [1.165, 1.54) is 7.11 Å². The van der Waals surface area contributed by atoms with E-state index in [9.17, 15) is 4.79 Å². The Bertz CT molecular complexity index is 878. The van der Waals surface area contributed by atoms with Crippen LogP contribution in [0.5, 0.6) is 0 Å². The standard InChI is InChI=1S/C22H28ClN5O2.HI/c1-3-24-22(26-13-10-16-6-8-17(9-7-16)21(29)30-2)27-18-11-14-28(15-18)20-19(23)5-4-12-25-20;/h4-9,12,18H,3,10-11,13-15H2,1-2H3,(H2,24,26,27);1H. The van der Waals surface area contributed by atoms with Crippen LogP contribution in [0.25, 0.3) is 0 Å². The Hall–Kier alpha value is -2.07. The van der Waals surface area contributed by atoms with E-state index < -0.39 is 0 Å². The first-order chi connectivity index (χ1) is 14.6. The fraction of sp³-hybridized carbons (Fsp3) is 0.409. The molecule has 1 saturated heterocycles.